The highest BCUT2D eigenvalue weighted by Gasteiger charge is 1.92. The molecule has 0 unspecified atom stereocenters. The summed E-state index contributed by atoms with van der Waals surface area (Å²) in [5.41, 5.74) is 0.815. The topological polar surface area (TPSA) is 61.9 Å². The molecule has 1 heterocycles. The molecule has 0 amide bonds. The average molecular weight is 137 g/mol. The zero-order chi connectivity index (χ0) is 7.23. The van der Waals surface area contributed by atoms with E-state index >= 15 is 0 Å². The number of hydrogen-bond donors (Lipinski definition) is 1. The SMILES string of the molecule is N#CCNCc1ccon1. The Labute approximate surface area is 58.4 Å². The smallest absolute Gasteiger partial charge is 0.124 e. The molecule has 4 heteroatoms. The van der Waals surface area contributed by atoms with Crippen molar-refractivity contribution in [1.29, 1.82) is 5.26 Å². The summed E-state index contributed by atoms with van der Waals surface area (Å²) in [4.78, 5) is 0. The molecule has 4 nitrogen and oxygen atoms in total. The molecular weight excluding hydrogens is 130 g/mol. The van der Waals surface area contributed by atoms with E-state index in [9.17, 15) is 0 Å². The number of rotatable bonds is 3. The lowest BCUT2D eigenvalue weighted by atomic mass is 10.4. The van der Waals surface area contributed by atoms with Crippen LogP contribution in [0.3, 0.4) is 0 Å². The molecule has 0 aromatic carbocycles. The molecule has 52 valence electrons. The first-order valence-corrected chi connectivity index (χ1v) is 2.90. The van der Waals surface area contributed by atoms with Crippen molar-refractivity contribution >= 4 is 0 Å². The second-order valence-corrected chi connectivity index (χ2v) is 1.75. The van der Waals surface area contributed by atoms with Crippen molar-refractivity contribution in [3.8, 4) is 6.07 Å². The van der Waals surface area contributed by atoms with E-state index in [1.54, 1.807) is 6.07 Å². The Balaban J connectivity index is 2.23. The minimum Gasteiger partial charge on any atom is -0.364 e. The van der Waals surface area contributed by atoms with E-state index in [-0.39, 0.29) is 0 Å². The van der Waals surface area contributed by atoms with Crippen molar-refractivity contribution in [2.75, 3.05) is 6.54 Å². The van der Waals surface area contributed by atoms with Gasteiger partial charge < -0.3 is 4.52 Å². The van der Waals surface area contributed by atoms with Crippen molar-refractivity contribution in [2.45, 2.75) is 6.54 Å². The van der Waals surface area contributed by atoms with E-state index in [0.717, 1.165) is 5.69 Å². The van der Waals surface area contributed by atoms with Crippen LogP contribution < -0.4 is 5.32 Å². The Kier molecular flexibility index (Phi) is 2.47. The summed E-state index contributed by atoms with van der Waals surface area (Å²) in [7, 11) is 0. The molecule has 0 saturated carbocycles. The van der Waals surface area contributed by atoms with Gasteiger partial charge in [-0.1, -0.05) is 5.16 Å². The normalized spacial score (nSPS) is 9.10. The molecule has 10 heavy (non-hydrogen) atoms. The fourth-order valence-electron chi connectivity index (χ4n) is 0.575. The maximum atomic E-state index is 8.14. The molecular formula is C6H7N3O. The van der Waals surface area contributed by atoms with Crippen LogP contribution in [0.2, 0.25) is 0 Å². The van der Waals surface area contributed by atoms with Gasteiger partial charge in [0.1, 0.15) is 6.26 Å². The van der Waals surface area contributed by atoms with Gasteiger partial charge in [-0.15, -0.1) is 0 Å². The van der Waals surface area contributed by atoms with Gasteiger partial charge in [-0.05, 0) is 0 Å². The first kappa shape index (κ1) is 6.78. The van der Waals surface area contributed by atoms with Crippen LogP contribution in [-0.2, 0) is 6.54 Å². The van der Waals surface area contributed by atoms with E-state index in [2.05, 4.69) is 15.0 Å². The first-order chi connectivity index (χ1) is 4.93. The summed E-state index contributed by atoms with van der Waals surface area (Å²) in [5.74, 6) is 0. The molecule has 1 aromatic rings. The standard InChI is InChI=1S/C6H7N3O/c7-2-3-8-5-6-1-4-10-9-6/h1,4,8H,3,5H2. The Bertz CT molecular complexity index is 211. The van der Waals surface area contributed by atoms with Crippen LogP contribution in [-0.4, -0.2) is 11.7 Å². The maximum Gasteiger partial charge on any atom is 0.124 e. The summed E-state index contributed by atoms with van der Waals surface area (Å²) in [6.45, 7) is 0.927. The minimum atomic E-state index is 0.340. The summed E-state index contributed by atoms with van der Waals surface area (Å²) in [6, 6.07) is 3.71. The van der Waals surface area contributed by atoms with E-state index in [4.69, 9.17) is 5.26 Å². The Hall–Kier alpha value is -1.34. The van der Waals surface area contributed by atoms with Crippen LogP contribution in [0.5, 0.6) is 0 Å². The van der Waals surface area contributed by atoms with Gasteiger partial charge in [-0.3, -0.25) is 5.32 Å². The highest BCUT2D eigenvalue weighted by Crippen LogP contribution is 1.91. The molecule has 0 bridgehead atoms. The number of hydrogen-bond acceptors (Lipinski definition) is 4. The average Bonchev–Trinajstić information content (AvgIpc) is 2.41. The summed E-state index contributed by atoms with van der Waals surface area (Å²) < 4.78 is 4.57. The van der Waals surface area contributed by atoms with Gasteiger partial charge in [-0.25, -0.2) is 0 Å². The van der Waals surface area contributed by atoms with E-state index in [1.807, 2.05) is 6.07 Å². The molecule has 0 spiro atoms. The van der Waals surface area contributed by atoms with E-state index < -0.39 is 0 Å². The minimum absolute atomic E-state index is 0.340. The Morgan fingerprint density at radius 1 is 1.80 bits per heavy atom. The third-order valence-corrected chi connectivity index (χ3v) is 1.00. The van der Waals surface area contributed by atoms with Crippen LogP contribution in [0.25, 0.3) is 0 Å². The largest absolute Gasteiger partial charge is 0.364 e. The van der Waals surface area contributed by atoms with Gasteiger partial charge in [0, 0.05) is 12.6 Å². The fourth-order valence-corrected chi connectivity index (χ4v) is 0.575. The van der Waals surface area contributed by atoms with Crippen molar-refractivity contribution < 1.29 is 4.52 Å². The molecule has 0 aliphatic carbocycles. The molecule has 0 saturated heterocycles. The van der Waals surface area contributed by atoms with E-state index in [0.29, 0.717) is 13.1 Å². The van der Waals surface area contributed by atoms with E-state index in [1.165, 1.54) is 6.26 Å². The monoisotopic (exact) mass is 137 g/mol. The Morgan fingerprint density at radius 2 is 2.70 bits per heavy atom. The fraction of sp³-hybridized carbons (Fsp3) is 0.333. The third kappa shape index (κ3) is 1.88. The number of nitrogens with one attached hydrogen (secondary N) is 1. The van der Waals surface area contributed by atoms with Crippen LogP contribution >= 0.6 is 0 Å². The van der Waals surface area contributed by atoms with Crippen LogP contribution in [0.4, 0.5) is 0 Å². The molecule has 1 aromatic heterocycles. The first-order valence-electron chi connectivity index (χ1n) is 2.90. The Morgan fingerprint density at radius 3 is 3.30 bits per heavy atom. The summed E-state index contributed by atoms with van der Waals surface area (Å²) in [5, 5.41) is 14.6. The van der Waals surface area contributed by atoms with Crippen molar-refractivity contribution in [1.82, 2.24) is 10.5 Å². The maximum absolute atomic E-state index is 8.14. The molecule has 0 fully saturated rings. The zero-order valence-electron chi connectivity index (χ0n) is 5.37. The second-order valence-electron chi connectivity index (χ2n) is 1.75. The molecule has 1 N–H and O–H groups in total. The lowest BCUT2D eigenvalue weighted by Gasteiger charge is -1.91. The van der Waals surface area contributed by atoms with Gasteiger partial charge >= 0.3 is 0 Å². The predicted molar refractivity (Wildman–Crippen MR) is 33.8 cm³/mol. The highest BCUT2D eigenvalue weighted by molar-refractivity contribution is 4.94. The molecule has 1 rings (SSSR count). The van der Waals surface area contributed by atoms with Crippen LogP contribution in [0.1, 0.15) is 5.69 Å². The second kappa shape index (κ2) is 3.64. The van der Waals surface area contributed by atoms with Crippen molar-refractivity contribution in [2.24, 2.45) is 0 Å². The number of aromatic nitrogens is 1. The molecule has 0 aliphatic heterocycles. The predicted octanol–water partition coefficient (Wildman–Crippen LogP) is 0.288. The molecule has 0 atom stereocenters. The van der Waals surface area contributed by atoms with Gasteiger partial charge in [0.15, 0.2) is 0 Å². The van der Waals surface area contributed by atoms with Gasteiger partial charge in [0.25, 0.3) is 0 Å². The van der Waals surface area contributed by atoms with Gasteiger partial charge in [0.2, 0.25) is 0 Å². The lowest BCUT2D eigenvalue weighted by Crippen LogP contribution is -2.12. The highest BCUT2D eigenvalue weighted by atomic mass is 16.5. The summed E-state index contributed by atoms with van der Waals surface area (Å²) >= 11 is 0. The molecule has 0 aliphatic rings. The number of nitriles is 1. The zero-order valence-corrected chi connectivity index (χ0v) is 5.37. The summed E-state index contributed by atoms with van der Waals surface area (Å²) in [6.07, 6.45) is 1.50. The van der Waals surface area contributed by atoms with Crippen LogP contribution in [0, 0.1) is 11.3 Å². The third-order valence-electron chi connectivity index (χ3n) is 1.00. The van der Waals surface area contributed by atoms with Gasteiger partial charge in [-0.2, -0.15) is 5.26 Å². The lowest BCUT2D eigenvalue weighted by molar-refractivity contribution is 0.409. The quantitative estimate of drug-likeness (QED) is 0.480. The molecule has 0 radical (unpaired) electrons. The van der Waals surface area contributed by atoms with Crippen molar-refractivity contribution in [3.05, 3.63) is 18.0 Å². The van der Waals surface area contributed by atoms with Crippen molar-refractivity contribution in [3.63, 3.8) is 0 Å². The van der Waals surface area contributed by atoms with Gasteiger partial charge in [0.05, 0.1) is 18.3 Å². The number of nitrogens with zero attached hydrogens (tertiary/aromatic N) is 2. The van der Waals surface area contributed by atoms with Crippen LogP contribution in [0.15, 0.2) is 16.9 Å².